The van der Waals surface area contributed by atoms with Gasteiger partial charge in [-0.25, -0.2) is 4.68 Å². The highest BCUT2D eigenvalue weighted by Crippen LogP contribution is 2.21. The minimum atomic E-state index is 0.356. The molecule has 1 heterocycles. The third-order valence-corrected chi connectivity index (χ3v) is 3.40. The molecular formula is C16H11ClN4O. The summed E-state index contributed by atoms with van der Waals surface area (Å²) in [5.41, 5.74) is 2.59. The number of hydrogen-bond acceptors (Lipinski definition) is 4. The lowest BCUT2D eigenvalue weighted by atomic mass is 10.2. The van der Waals surface area contributed by atoms with Crippen LogP contribution in [0.4, 0.5) is 0 Å². The third-order valence-electron chi connectivity index (χ3n) is 3.17. The van der Waals surface area contributed by atoms with Crippen LogP contribution in [0.2, 0.25) is 5.02 Å². The molecule has 0 fully saturated rings. The van der Waals surface area contributed by atoms with E-state index >= 15 is 0 Å². The maximum atomic E-state index is 9.42. The van der Waals surface area contributed by atoms with E-state index in [0.29, 0.717) is 21.8 Å². The molecule has 0 aliphatic carbocycles. The van der Waals surface area contributed by atoms with Gasteiger partial charge in [0.2, 0.25) is 0 Å². The molecule has 22 heavy (non-hydrogen) atoms. The minimum Gasteiger partial charge on any atom is -0.497 e. The number of allylic oxidation sites excluding steroid dienone is 1. The van der Waals surface area contributed by atoms with Crippen LogP contribution in [0, 0.1) is 11.3 Å². The van der Waals surface area contributed by atoms with E-state index < -0.39 is 0 Å². The fourth-order valence-electron chi connectivity index (χ4n) is 2.07. The van der Waals surface area contributed by atoms with Crippen LogP contribution in [0.3, 0.4) is 0 Å². The number of fused-ring (bicyclic) bond motifs is 1. The Morgan fingerprint density at radius 1 is 1.27 bits per heavy atom. The maximum absolute atomic E-state index is 9.42. The number of aromatic nitrogens is 3. The van der Waals surface area contributed by atoms with Crippen molar-refractivity contribution in [3.8, 4) is 11.8 Å². The smallest absolute Gasteiger partial charge is 0.145 e. The van der Waals surface area contributed by atoms with Crippen LogP contribution in [0.1, 0.15) is 5.56 Å². The first-order valence-corrected chi connectivity index (χ1v) is 6.86. The second-order valence-corrected chi connectivity index (χ2v) is 4.99. The van der Waals surface area contributed by atoms with Gasteiger partial charge in [-0.1, -0.05) is 28.9 Å². The molecule has 0 aliphatic heterocycles. The van der Waals surface area contributed by atoms with Crippen molar-refractivity contribution < 1.29 is 4.74 Å². The molecule has 0 amide bonds. The number of rotatable bonds is 3. The van der Waals surface area contributed by atoms with Crippen LogP contribution in [0.5, 0.6) is 5.75 Å². The predicted molar refractivity (Wildman–Crippen MR) is 85.3 cm³/mol. The Morgan fingerprint density at radius 2 is 2.05 bits per heavy atom. The van der Waals surface area contributed by atoms with E-state index in [9.17, 15) is 5.26 Å². The van der Waals surface area contributed by atoms with Crippen LogP contribution < -0.4 is 4.74 Å². The molecule has 0 saturated heterocycles. The zero-order valence-corrected chi connectivity index (χ0v) is 12.4. The van der Waals surface area contributed by atoms with Gasteiger partial charge in [0.1, 0.15) is 23.0 Å². The number of ether oxygens (including phenoxy) is 1. The second-order valence-electron chi connectivity index (χ2n) is 4.55. The number of methoxy groups -OCH3 is 1. The summed E-state index contributed by atoms with van der Waals surface area (Å²) in [6.07, 6.45) is 1.73. The lowest BCUT2D eigenvalue weighted by Gasteiger charge is -2.02. The maximum Gasteiger partial charge on any atom is 0.145 e. The summed E-state index contributed by atoms with van der Waals surface area (Å²) in [7, 11) is 1.61. The predicted octanol–water partition coefficient (Wildman–Crippen LogP) is 3.61. The van der Waals surface area contributed by atoms with Gasteiger partial charge in [0.25, 0.3) is 0 Å². The summed E-state index contributed by atoms with van der Waals surface area (Å²) in [4.78, 5) is 0. The van der Waals surface area contributed by atoms with Gasteiger partial charge in [-0.3, -0.25) is 0 Å². The van der Waals surface area contributed by atoms with E-state index in [2.05, 4.69) is 16.4 Å². The van der Waals surface area contributed by atoms with Crippen molar-refractivity contribution >= 4 is 34.4 Å². The lowest BCUT2D eigenvalue weighted by Crippen LogP contribution is -1.97. The van der Waals surface area contributed by atoms with Crippen molar-refractivity contribution in [1.82, 2.24) is 15.0 Å². The average molecular weight is 311 g/mol. The molecule has 5 nitrogen and oxygen atoms in total. The number of halogens is 1. The Labute approximate surface area is 132 Å². The van der Waals surface area contributed by atoms with E-state index in [1.54, 1.807) is 31.4 Å². The molecule has 0 bridgehead atoms. The third kappa shape index (κ3) is 2.65. The Hall–Kier alpha value is -2.84. The van der Waals surface area contributed by atoms with E-state index in [1.165, 1.54) is 4.68 Å². The number of nitriles is 1. The fourth-order valence-corrected chi connectivity index (χ4v) is 2.23. The molecule has 0 atom stereocenters. The Bertz CT molecular complexity index is 891. The van der Waals surface area contributed by atoms with Crippen molar-refractivity contribution in [1.29, 1.82) is 5.26 Å². The SMILES string of the molecule is COc1ccc(/C=C(\C#N)n2nnc3ccc(Cl)cc32)cc1. The fraction of sp³-hybridized carbons (Fsp3) is 0.0625. The zero-order valence-electron chi connectivity index (χ0n) is 11.7. The molecule has 0 N–H and O–H groups in total. The van der Waals surface area contributed by atoms with E-state index in [4.69, 9.17) is 16.3 Å². The molecule has 0 saturated carbocycles. The van der Waals surface area contributed by atoms with Gasteiger partial charge >= 0.3 is 0 Å². The highest BCUT2D eigenvalue weighted by atomic mass is 35.5. The molecule has 3 rings (SSSR count). The monoisotopic (exact) mass is 310 g/mol. The van der Waals surface area contributed by atoms with Crippen LogP contribution in [0.15, 0.2) is 42.5 Å². The van der Waals surface area contributed by atoms with Crippen molar-refractivity contribution in [2.75, 3.05) is 7.11 Å². The van der Waals surface area contributed by atoms with Crippen LogP contribution in [0.25, 0.3) is 22.8 Å². The summed E-state index contributed by atoms with van der Waals surface area (Å²) in [5, 5.41) is 18.1. The highest BCUT2D eigenvalue weighted by Gasteiger charge is 2.09. The largest absolute Gasteiger partial charge is 0.497 e. The first-order chi connectivity index (χ1) is 10.7. The summed E-state index contributed by atoms with van der Waals surface area (Å²) < 4.78 is 6.59. The zero-order chi connectivity index (χ0) is 15.5. The number of benzene rings is 2. The van der Waals surface area contributed by atoms with Crippen molar-refractivity contribution in [2.24, 2.45) is 0 Å². The molecule has 2 aromatic carbocycles. The van der Waals surface area contributed by atoms with Crippen LogP contribution >= 0.6 is 11.6 Å². The molecule has 108 valence electrons. The molecule has 1 aromatic heterocycles. The van der Waals surface area contributed by atoms with Crippen molar-refractivity contribution in [3.63, 3.8) is 0 Å². The summed E-state index contributed by atoms with van der Waals surface area (Å²) in [6, 6.07) is 14.8. The van der Waals surface area contributed by atoms with Crippen LogP contribution in [-0.4, -0.2) is 22.1 Å². The normalized spacial score (nSPS) is 11.4. The molecular weight excluding hydrogens is 300 g/mol. The van der Waals surface area contributed by atoms with Gasteiger partial charge in [-0.2, -0.15) is 5.26 Å². The molecule has 0 spiro atoms. The van der Waals surface area contributed by atoms with Gasteiger partial charge in [0.15, 0.2) is 0 Å². The van der Waals surface area contributed by atoms with E-state index in [-0.39, 0.29) is 0 Å². The quantitative estimate of drug-likeness (QED) is 0.693. The van der Waals surface area contributed by atoms with Gasteiger partial charge < -0.3 is 4.74 Å². The summed E-state index contributed by atoms with van der Waals surface area (Å²) >= 11 is 6.00. The number of hydrogen-bond donors (Lipinski definition) is 0. The number of nitrogens with zero attached hydrogens (tertiary/aromatic N) is 4. The van der Waals surface area contributed by atoms with Crippen LogP contribution in [-0.2, 0) is 0 Å². The van der Waals surface area contributed by atoms with Gasteiger partial charge in [0, 0.05) is 5.02 Å². The van der Waals surface area contributed by atoms with Crippen molar-refractivity contribution in [3.05, 3.63) is 53.1 Å². The topological polar surface area (TPSA) is 63.7 Å². The molecule has 6 heteroatoms. The first kappa shape index (κ1) is 14.1. The van der Waals surface area contributed by atoms with Gasteiger partial charge in [-0.15, -0.1) is 5.10 Å². The minimum absolute atomic E-state index is 0.356. The Balaban J connectivity index is 2.07. The molecule has 0 unspecified atom stereocenters. The van der Waals surface area contributed by atoms with Gasteiger partial charge in [0.05, 0.1) is 12.6 Å². The second kappa shape index (κ2) is 5.88. The van der Waals surface area contributed by atoms with Crippen molar-refractivity contribution in [2.45, 2.75) is 0 Å². The highest BCUT2D eigenvalue weighted by molar-refractivity contribution is 6.31. The van der Waals surface area contributed by atoms with E-state index in [1.807, 2.05) is 24.3 Å². The Morgan fingerprint density at radius 3 is 2.73 bits per heavy atom. The average Bonchev–Trinajstić information content (AvgIpc) is 2.96. The summed E-state index contributed by atoms with van der Waals surface area (Å²) in [5.74, 6) is 0.758. The standard InChI is InChI=1S/C16H11ClN4O/c1-22-14-5-2-11(3-6-14)8-13(10-18)21-16-9-12(17)4-7-15(16)19-20-21/h2-9H,1H3/b13-8+. The van der Waals surface area contributed by atoms with E-state index in [0.717, 1.165) is 11.3 Å². The first-order valence-electron chi connectivity index (χ1n) is 6.48. The molecule has 0 radical (unpaired) electrons. The summed E-state index contributed by atoms with van der Waals surface area (Å²) in [6.45, 7) is 0. The molecule has 3 aromatic rings. The molecule has 0 aliphatic rings. The van der Waals surface area contributed by atoms with Gasteiger partial charge in [-0.05, 0) is 42.0 Å². The lowest BCUT2D eigenvalue weighted by molar-refractivity contribution is 0.415. The Kier molecular flexibility index (Phi) is 3.77.